The largest absolute Gasteiger partial charge is 0.342 e. The van der Waals surface area contributed by atoms with Crippen LogP contribution < -0.4 is 16.6 Å². The lowest BCUT2D eigenvalue weighted by atomic mass is 10.1. The summed E-state index contributed by atoms with van der Waals surface area (Å²) in [7, 11) is 1.44. The number of rotatable bonds is 3. The SMILES string of the molecule is CCc1cc(Nc2cc(=O)n(C)c(=O)[nH]2)ccc1C. The predicted molar refractivity (Wildman–Crippen MR) is 76.1 cm³/mol. The molecule has 0 radical (unpaired) electrons. The van der Waals surface area contributed by atoms with Gasteiger partial charge in [0, 0.05) is 18.8 Å². The van der Waals surface area contributed by atoms with E-state index in [-0.39, 0.29) is 5.56 Å². The van der Waals surface area contributed by atoms with Crippen molar-refractivity contribution in [2.45, 2.75) is 20.3 Å². The van der Waals surface area contributed by atoms with Crippen LogP contribution in [0.1, 0.15) is 18.1 Å². The van der Waals surface area contributed by atoms with Crippen molar-refractivity contribution in [2.75, 3.05) is 5.32 Å². The number of benzene rings is 1. The second-order valence-electron chi connectivity index (χ2n) is 4.51. The molecule has 2 rings (SSSR count). The Morgan fingerprint density at radius 3 is 2.63 bits per heavy atom. The van der Waals surface area contributed by atoms with E-state index in [1.165, 1.54) is 24.2 Å². The average molecular weight is 259 g/mol. The van der Waals surface area contributed by atoms with Crippen LogP contribution in [0, 0.1) is 6.92 Å². The summed E-state index contributed by atoms with van der Waals surface area (Å²) in [6, 6.07) is 7.32. The zero-order chi connectivity index (χ0) is 14.0. The predicted octanol–water partition coefficient (Wildman–Crippen LogP) is 1.69. The number of anilines is 2. The summed E-state index contributed by atoms with van der Waals surface area (Å²) in [6.45, 7) is 4.15. The number of aryl methyl sites for hydroxylation is 2. The first-order valence-corrected chi connectivity index (χ1v) is 6.18. The average Bonchev–Trinajstić information content (AvgIpc) is 2.38. The molecule has 1 heterocycles. The molecule has 0 fully saturated rings. The molecule has 0 amide bonds. The van der Waals surface area contributed by atoms with Gasteiger partial charge in [0.05, 0.1) is 0 Å². The third-order valence-electron chi connectivity index (χ3n) is 3.15. The fraction of sp³-hybridized carbons (Fsp3) is 0.286. The Morgan fingerprint density at radius 2 is 2.00 bits per heavy atom. The Balaban J connectivity index is 2.36. The molecule has 0 unspecified atom stereocenters. The van der Waals surface area contributed by atoms with Crippen LogP contribution in [0.3, 0.4) is 0 Å². The zero-order valence-electron chi connectivity index (χ0n) is 11.3. The Bertz CT molecular complexity index is 682. The minimum atomic E-state index is -0.433. The van der Waals surface area contributed by atoms with Gasteiger partial charge in [-0.15, -0.1) is 0 Å². The van der Waals surface area contributed by atoms with E-state index >= 15 is 0 Å². The van der Waals surface area contributed by atoms with Gasteiger partial charge in [-0.1, -0.05) is 13.0 Å². The number of H-pyrrole nitrogens is 1. The summed E-state index contributed by atoms with van der Waals surface area (Å²) in [5, 5.41) is 3.05. The van der Waals surface area contributed by atoms with Crippen LogP contribution in [0.15, 0.2) is 33.9 Å². The van der Waals surface area contributed by atoms with E-state index in [0.717, 1.165) is 16.7 Å². The molecule has 1 aromatic carbocycles. The molecule has 5 heteroatoms. The molecule has 0 bridgehead atoms. The van der Waals surface area contributed by atoms with Crippen molar-refractivity contribution in [3.63, 3.8) is 0 Å². The van der Waals surface area contributed by atoms with Crippen molar-refractivity contribution in [3.05, 3.63) is 56.2 Å². The molecule has 1 aromatic heterocycles. The van der Waals surface area contributed by atoms with Crippen LogP contribution in [0.2, 0.25) is 0 Å². The van der Waals surface area contributed by atoms with Crippen LogP contribution in [-0.4, -0.2) is 9.55 Å². The van der Waals surface area contributed by atoms with Gasteiger partial charge in [0.15, 0.2) is 0 Å². The Kier molecular flexibility index (Phi) is 3.55. The van der Waals surface area contributed by atoms with Gasteiger partial charge in [-0.2, -0.15) is 0 Å². The highest BCUT2D eigenvalue weighted by Gasteiger charge is 2.03. The Labute approximate surface area is 110 Å². The van der Waals surface area contributed by atoms with Crippen molar-refractivity contribution in [1.82, 2.24) is 9.55 Å². The molecule has 0 spiro atoms. The highest BCUT2D eigenvalue weighted by molar-refractivity contribution is 5.57. The molecule has 0 aliphatic carbocycles. The van der Waals surface area contributed by atoms with E-state index in [9.17, 15) is 9.59 Å². The van der Waals surface area contributed by atoms with Gasteiger partial charge in [-0.05, 0) is 36.6 Å². The number of aromatic amines is 1. The van der Waals surface area contributed by atoms with E-state index in [1.54, 1.807) is 0 Å². The maximum atomic E-state index is 11.5. The van der Waals surface area contributed by atoms with Crippen LogP contribution in [0.4, 0.5) is 11.5 Å². The number of hydrogen-bond acceptors (Lipinski definition) is 3. The van der Waals surface area contributed by atoms with Crippen molar-refractivity contribution in [2.24, 2.45) is 7.05 Å². The standard InChI is InChI=1S/C14H17N3O2/c1-4-10-7-11(6-5-9(10)2)15-12-8-13(18)17(3)14(19)16-12/h5-8,15H,4H2,1-3H3,(H,16,19). The summed E-state index contributed by atoms with van der Waals surface area (Å²) < 4.78 is 1.03. The normalized spacial score (nSPS) is 10.5. The first kappa shape index (κ1) is 13.1. The molecule has 2 N–H and O–H groups in total. The molecule has 19 heavy (non-hydrogen) atoms. The summed E-state index contributed by atoms with van der Waals surface area (Å²) >= 11 is 0. The smallest absolute Gasteiger partial charge is 0.329 e. The van der Waals surface area contributed by atoms with Gasteiger partial charge in [0.25, 0.3) is 5.56 Å². The van der Waals surface area contributed by atoms with Crippen LogP contribution >= 0.6 is 0 Å². The minimum Gasteiger partial charge on any atom is -0.342 e. The van der Waals surface area contributed by atoms with E-state index < -0.39 is 5.69 Å². The number of nitrogens with zero attached hydrogens (tertiary/aromatic N) is 1. The fourth-order valence-electron chi connectivity index (χ4n) is 1.91. The summed E-state index contributed by atoms with van der Waals surface area (Å²) in [5.41, 5.74) is 2.54. The highest BCUT2D eigenvalue weighted by atomic mass is 16.2. The molecule has 0 saturated heterocycles. The minimum absolute atomic E-state index is 0.339. The zero-order valence-corrected chi connectivity index (χ0v) is 11.3. The lowest BCUT2D eigenvalue weighted by Crippen LogP contribution is -2.32. The molecule has 0 atom stereocenters. The van der Waals surface area contributed by atoms with E-state index in [2.05, 4.69) is 24.1 Å². The van der Waals surface area contributed by atoms with E-state index in [4.69, 9.17) is 0 Å². The molecule has 0 saturated carbocycles. The Hall–Kier alpha value is -2.30. The van der Waals surface area contributed by atoms with Gasteiger partial charge in [-0.3, -0.25) is 14.3 Å². The molecule has 100 valence electrons. The molecule has 5 nitrogen and oxygen atoms in total. The molecule has 0 aliphatic heterocycles. The van der Waals surface area contributed by atoms with Crippen molar-refractivity contribution in [1.29, 1.82) is 0 Å². The third-order valence-corrected chi connectivity index (χ3v) is 3.15. The first-order chi connectivity index (χ1) is 9.01. The monoisotopic (exact) mass is 259 g/mol. The van der Waals surface area contributed by atoms with Crippen LogP contribution in [0.5, 0.6) is 0 Å². The fourth-order valence-corrected chi connectivity index (χ4v) is 1.91. The molecular formula is C14H17N3O2. The van der Waals surface area contributed by atoms with E-state index in [1.807, 2.05) is 18.2 Å². The van der Waals surface area contributed by atoms with Crippen LogP contribution in [-0.2, 0) is 13.5 Å². The maximum absolute atomic E-state index is 11.5. The van der Waals surface area contributed by atoms with Gasteiger partial charge in [0.2, 0.25) is 0 Å². The van der Waals surface area contributed by atoms with Crippen LogP contribution in [0.25, 0.3) is 0 Å². The summed E-state index contributed by atoms with van der Waals surface area (Å²) in [6.07, 6.45) is 0.939. The molecule has 0 aliphatic rings. The first-order valence-electron chi connectivity index (χ1n) is 6.18. The number of aromatic nitrogens is 2. The lowest BCUT2D eigenvalue weighted by Gasteiger charge is -2.09. The lowest BCUT2D eigenvalue weighted by molar-refractivity contribution is 0.778. The third kappa shape index (κ3) is 2.76. The highest BCUT2D eigenvalue weighted by Crippen LogP contribution is 2.18. The van der Waals surface area contributed by atoms with Gasteiger partial charge >= 0.3 is 5.69 Å². The summed E-state index contributed by atoms with van der Waals surface area (Å²) in [4.78, 5) is 25.6. The van der Waals surface area contributed by atoms with Crippen molar-refractivity contribution >= 4 is 11.5 Å². The second kappa shape index (κ2) is 5.14. The number of nitrogens with one attached hydrogen (secondary N) is 2. The van der Waals surface area contributed by atoms with Gasteiger partial charge in [-0.25, -0.2) is 4.79 Å². The molecular weight excluding hydrogens is 242 g/mol. The summed E-state index contributed by atoms with van der Waals surface area (Å²) in [5.74, 6) is 0.402. The Morgan fingerprint density at radius 1 is 1.26 bits per heavy atom. The second-order valence-corrected chi connectivity index (χ2v) is 4.51. The van der Waals surface area contributed by atoms with Gasteiger partial charge in [0.1, 0.15) is 5.82 Å². The molecule has 2 aromatic rings. The number of hydrogen-bond donors (Lipinski definition) is 2. The van der Waals surface area contributed by atoms with Crippen molar-refractivity contribution in [3.8, 4) is 0 Å². The maximum Gasteiger partial charge on any atom is 0.329 e. The van der Waals surface area contributed by atoms with Gasteiger partial charge < -0.3 is 5.32 Å². The van der Waals surface area contributed by atoms with E-state index in [0.29, 0.717) is 5.82 Å². The topological polar surface area (TPSA) is 66.9 Å². The quantitative estimate of drug-likeness (QED) is 0.881. The van der Waals surface area contributed by atoms with Crippen molar-refractivity contribution < 1.29 is 0 Å².